The van der Waals surface area contributed by atoms with Crippen LogP contribution in [-0.4, -0.2) is 19.2 Å². The summed E-state index contributed by atoms with van der Waals surface area (Å²) in [6, 6.07) is 12.7. The third-order valence-electron chi connectivity index (χ3n) is 3.72. The highest BCUT2D eigenvalue weighted by Gasteiger charge is 2.14. The molecule has 0 spiro atoms. The van der Waals surface area contributed by atoms with E-state index in [-0.39, 0.29) is 12.2 Å². The molecule has 0 aliphatic carbocycles. The van der Waals surface area contributed by atoms with Crippen LogP contribution in [0.2, 0.25) is 5.02 Å². The number of aryl methyl sites for hydroxylation is 1. The van der Waals surface area contributed by atoms with Crippen LogP contribution < -0.4 is 5.69 Å². The fraction of sp³-hybridized carbons (Fsp3) is 0.118. The number of hydrogen-bond donors (Lipinski definition) is 0. The van der Waals surface area contributed by atoms with Crippen LogP contribution in [0.15, 0.2) is 57.9 Å². The first-order chi connectivity index (χ1) is 11.6. The van der Waals surface area contributed by atoms with E-state index in [4.69, 9.17) is 16.0 Å². The first-order valence-electron chi connectivity index (χ1n) is 7.38. The molecular formula is C17H13ClN4O2. The number of fused-ring (bicyclic) bond motifs is 1. The Balaban J connectivity index is 1.70. The Morgan fingerprint density at radius 2 is 1.96 bits per heavy atom. The number of nitrogens with zero attached hydrogens (tertiary/aromatic N) is 4. The van der Waals surface area contributed by atoms with E-state index < -0.39 is 0 Å². The maximum absolute atomic E-state index is 12.3. The Hall–Kier alpha value is -2.86. The molecular weight excluding hydrogens is 328 g/mol. The Morgan fingerprint density at radius 1 is 1.17 bits per heavy atom. The van der Waals surface area contributed by atoms with Gasteiger partial charge in [0.2, 0.25) is 5.89 Å². The number of pyridine rings is 1. The van der Waals surface area contributed by atoms with E-state index in [1.807, 2.05) is 25.1 Å². The normalized spacial score (nSPS) is 11.2. The van der Waals surface area contributed by atoms with Gasteiger partial charge in [0.05, 0.1) is 5.69 Å². The highest BCUT2D eigenvalue weighted by atomic mass is 35.5. The summed E-state index contributed by atoms with van der Waals surface area (Å²) in [5.41, 5.74) is 2.00. The minimum Gasteiger partial charge on any atom is -0.438 e. The van der Waals surface area contributed by atoms with Gasteiger partial charge in [0.25, 0.3) is 0 Å². The third kappa shape index (κ3) is 2.51. The molecule has 6 nitrogen and oxygen atoms in total. The summed E-state index contributed by atoms with van der Waals surface area (Å²) >= 11 is 5.91. The van der Waals surface area contributed by atoms with Gasteiger partial charge in [-0.15, -0.1) is 5.10 Å². The van der Waals surface area contributed by atoms with Crippen LogP contribution in [0.3, 0.4) is 0 Å². The minimum atomic E-state index is -0.227. The second-order valence-corrected chi connectivity index (χ2v) is 5.83. The molecule has 1 aromatic carbocycles. The van der Waals surface area contributed by atoms with Crippen LogP contribution in [0, 0.1) is 6.92 Å². The molecule has 0 fully saturated rings. The number of halogens is 1. The molecule has 3 aromatic heterocycles. The number of benzene rings is 1. The first-order valence-corrected chi connectivity index (χ1v) is 7.76. The standard InChI is InChI=1S/C17H13ClN4O2/c1-11-16(12-5-7-13(18)8-6-12)24-15(19-11)10-22-17(23)21-9-3-2-4-14(21)20-22/h2-9H,10H2,1H3. The van der Waals surface area contributed by atoms with Crippen molar-refractivity contribution in [2.24, 2.45) is 0 Å². The van der Waals surface area contributed by atoms with Crippen molar-refractivity contribution in [3.63, 3.8) is 0 Å². The van der Waals surface area contributed by atoms with E-state index in [0.29, 0.717) is 22.3 Å². The van der Waals surface area contributed by atoms with E-state index >= 15 is 0 Å². The Labute approximate surface area is 141 Å². The lowest BCUT2D eigenvalue weighted by atomic mass is 10.1. The van der Waals surface area contributed by atoms with Gasteiger partial charge >= 0.3 is 5.69 Å². The van der Waals surface area contributed by atoms with Crippen molar-refractivity contribution in [1.82, 2.24) is 19.2 Å². The third-order valence-corrected chi connectivity index (χ3v) is 3.97. The SMILES string of the molecule is Cc1nc(Cn2nc3ccccn3c2=O)oc1-c1ccc(Cl)cc1. The molecule has 4 rings (SSSR count). The fourth-order valence-electron chi connectivity index (χ4n) is 2.59. The van der Waals surface area contributed by atoms with E-state index in [9.17, 15) is 4.79 Å². The number of rotatable bonds is 3. The van der Waals surface area contributed by atoms with Crippen LogP contribution >= 0.6 is 11.6 Å². The smallest absolute Gasteiger partial charge is 0.350 e. The van der Waals surface area contributed by atoms with Crippen molar-refractivity contribution in [2.75, 3.05) is 0 Å². The molecule has 0 radical (unpaired) electrons. The Morgan fingerprint density at radius 3 is 2.71 bits per heavy atom. The van der Waals surface area contributed by atoms with Gasteiger partial charge < -0.3 is 4.42 Å². The van der Waals surface area contributed by atoms with Gasteiger partial charge in [-0.25, -0.2) is 14.5 Å². The molecule has 0 amide bonds. The zero-order chi connectivity index (χ0) is 16.7. The number of oxazole rings is 1. The summed E-state index contributed by atoms with van der Waals surface area (Å²) in [4.78, 5) is 16.7. The van der Waals surface area contributed by atoms with Crippen molar-refractivity contribution >= 4 is 17.2 Å². The topological polar surface area (TPSA) is 65.3 Å². The summed E-state index contributed by atoms with van der Waals surface area (Å²) in [7, 11) is 0. The van der Waals surface area contributed by atoms with Crippen LogP contribution in [0.5, 0.6) is 0 Å². The molecule has 0 saturated heterocycles. The zero-order valence-corrected chi connectivity index (χ0v) is 13.6. The lowest BCUT2D eigenvalue weighted by Crippen LogP contribution is -2.21. The molecule has 0 N–H and O–H groups in total. The maximum atomic E-state index is 12.3. The summed E-state index contributed by atoms with van der Waals surface area (Å²) in [6.07, 6.45) is 1.68. The average molecular weight is 341 g/mol. The van der Waals surface area contributed by atoms with Crippen LogP contribution in [0.4, 0.5) is 0 Å². The minimum absolute atomic E-state index is 0.176. The average Bonchev–Trinajstić information content (AvgIpc) is 3.10. The summed E-state index contributed by atoms with van der Waals surface area (Å²) in [6.45, 7) is 2.04. The molecule has 7 heteroatoms. The summed E-state index contributed by atoms with van der Waals surface area (Å²) < 4.78 is 8.65. The molecule has 0 aliphatic heterocycles. The van der Waals surface area contributed by atoms with E-state index in [2.05, 4.69) is 10.1 Å². The van der Waals surface area contributed by atoms with Gasteiger partial charge in [-0.3, -0.25) is 4.40 Å². The van der Waals surface area contributed by atoms with Crippen LogP contribution in [0.25, 0.3) is 17.0 Å². The molecule has 120 valence electrons. The van der Waals surface area contributed by atoms with Gasteiger partial charge in [0.1, 0.15) is 6.54 Å². The van der Waals surface area contributed by atoms with Gasteiger partial charge in [-0.1, -0.05) is 17.7 Å². The lowest BCUT2D eigenvalue weighted by Gasteiger charge is -1.98. The zero-order valence-electron chi connectivity index (χ0n) is 12.8. The first kappa shape index (κ1) is 14.7. The second-order valence-electron chi connectivity index (χ2n) is 5.40. The van der Waals surface area contributed by atoms with Crippen molar-refractivity contribution in [2.45, 2.75) is 13.5 Å². The van der Waals surface area contributed by atoms with Crippen molar-refractivity contribution in [1.29, 1.82) is 0 Å². The number of hydrogen-bond acceptors (Lipinski definition) is 4. The monoisotopic (exact) mass is 340 g/mol. The fourth-order valence-corrected chi connectivity index (χ4v) is 2.71. The molecule has 0 saturated carbocycles. The van der Waals surface area contributed by atoms with E-state index in [1.165, 1.54) is 9.08 Å². The Kier molecular flexibility index (Phi) is 3.46. The molecule has 4 aromatic rings. The summed E-state index contributed by atoms with van der Waals surface area (Å²) in [5, 5.41) is 4.94. The highest BCUT2D eigenvalue weighted by molar-refractivity contribution is 6.30. The van der Waals surface area contributed by atoms with E-state index in [0.717, 1.165) is 11.3 Å². The second kappa shape index (κ2) is 5.65. The molecule has 0 atom stereocenters. The highest BCUT2D eigenvalue weighted by Crippen LogP contribution is 2.26. The van der Waals surface area contributed by atoms with Crippen molar-refractivity contribution in [3.8, 4) is 11.3 Å². The largest absolute Gasteiger partial charge is 0.438 e. The number of aromatic nitrogens is 4. The molecule has 0 bridgehead atoms. The maximum Gasteiger partial charge on any atom is 0.350 e. The Bertz CT molecular complexity index is 1080. The van der Waals surface area contributed by atoms with Crippen molar-refractivity contribution in [3.05, 3.63) is 75.8 Å². The molecule has 3 heterocycles. The van der Waals surface area contributed by atoms with Gasteiger partial charge in [0, 0.05) is 16.8 Å². The van der Waals surface area contributed by atoms with Crippen LogP contribution in [-0.2, 0) is 6.54 Å². The summed E-state index contributed by atoms with van der Waals surface area (Å²) in [5.74, 6) is 1.10. The van der Waals surface area contributed by atoms with E-state index in [1.54, 1.807) is 30.5 Å². The molecule has 24 heavy (non-hydrogen) atoms. The van der Waals surface area contributed by atoms with Gasteiger partial charge in [-0.05, 0) is 43.3 Å². The van der Waals surface area contributed by atoms with Crippen LogP contribution in [0.1, 0.15) is 11.6 Å². The van der Waals surface area contributed by atoms with Gasteiger partial charge in [-0.2, -0.15) is 0 Å². The predicted molar refractivity (Wildman–Crippen MR) is 90.2 cm³/mol. The predicted octanol–water partition coefficient (Wildman–Crippen LogP) is 3.16. The molecule has 0 aliphatic rings. The van der Waals surface area contributed by atoms with Gasteiger partial charge in [0.15, 0.2) is 11.4 Å². The van der Waals surface area contributed by atoms with Crippen molar-refractivity contribution < 1.29 is 4.42 Å². The quantitative estimate of drug-likeness (QED) is 0.574. The molecule has 0 unspecified atom stereocenters. The lowest BCUT2D eigenvalue weighted by molar-refractivity contribution is 0.469.